The minimum absolute atomic E-state index is 0.000510. The third-order valence-electron chi connectivity index (χ3n) is 6.14. The van der Waals surface area contributed by atoms with Crippen molar-refractivity contribution in [1.29, 1.82) is 0 Å². The van der Waals surface area contributed by atoms with E-state index >= 15 is 0 Å². The van der Waals surface area contributed by atoms with Crippen LogP contribution in [0.4, 0.5) is 5.69 Å². The van der Waals surface area contributed by atoms with Crippen LogP contribution in [0.2, 0.25) is 0 Å². The zero-order chi connectivity index (χ0) is 24.7. The topological polar surface area (TPSA) is 89.4 Å². The van der Waals surface area contributed by atoms with Crippen molar-refractivity contribution in [3.05, 3.63) is 108 Å². The molecule has 1 unspecified atom stereocenters. The average Bonchev–Trinajstić information content (AvgIpc) is 3.41. The second-order valence-corrected chi connectivity index (χ2v) is 8.73. The van der Waals surface area contributed by atoms with Crippen LogP contribution in [0.3, 0.4) is 0 Å². The number of carbonyl (C=O) groups is 2. The summed E-state index contributed by atoms with van der Waals surface area (Å²) in [6, 6.07) is 20.8. The maximum Gasteiger partial charge on any atom is 0.257 e. The highest BCUT2D eigenvalue weighted by atomic mass is 16.5. The molecule has 2 amide bonds. The van der Waals surface area contributed by atoms with Crippen LogP contribution in [0.15, 0.2) is 91.5 Å². The number of hydrogen-bond acceptors (Lipinski definition) is 5. The Balaban J connectivity index is 1.18. The molecule has 2 aromatic heterocycles. The molecule has 1 atom stereocenters. The van der Waals surface area contributed by atoms with Gasteiger partial charge in [-0.05, 0) is 54.8 Å². The number of amides is 2. The molecule has 1 saturated heterocycles. The minimum Gasteiger partial charge on any atom is -0.372 e. The molecule has 5 rings (SSSR count). The summed E-state index contributed by atoms with van der Waals surface area (Å²) in [5.74, 6) is -0.254. The standard InChI is InChI=1S/C28H27N5O3/c34-27(23-8-4-14-29-16-23)31-24-17-30-33(18-24)25-12-10-22(11-13-25)28(35)32-15-5-9-26(19-32)36-20-21-6-2-1-3-7-21/h1-4,6-8,10-14,16-18,26H,5,9,15,19-20H2,(H,31,34). The molecule has 0 aliphatic carbocycles. The first-order valence-electron chi connectivity index (χ1n) is 12.0. The number of piperidine rings is 1. The van der Waals surface area contributed by atoms with Crippen LogP contribution in [0.5, 0.6) is 0 Å². The number of hydrogen-bond donors (Lipinski definition) is 1. The Bertz CT molecular complexity index is 1310. The monoisotopic (exact) mass is 481 g/mol. The smallest absolute Gasteiger partial charge is 0.257 e. The van der Waals surface area contributed by atoms with Gasteiger partial charge in [0.05, 0.1) is 42.0 Å². The summed E-state index contributed by atoms with van der Waals surface area (Å²) in [5.41, 5.74) is 3.59. The number of nitrogens with one attached hydrogen (secondary N) is 1. The molecule has 36 heavy (non-hydrogen) atoms. The SMILES string of the molecule is O=C(Nc1cnn(-c2ccc(C(=O)N3CCCC(OCc4ccccc4)C3)cc2)c1)c1cccnc1. The first-order chi connectivity index (χ1) is 17.7. The molecule has 8 heteroatoms. The van der Waals surface area contributed by atoms with Gasteiger partial charge in [-0.3, -0.25) is 14.6 Å². The molecule has 0 spiro atoms. The molecule has 1 N–H and O–H groups in total. The molecular weight excluding hydrogens is 454 g/mol. The largest absolute Gasteiger partial charge is 0.372 e. The van der Waals surface area contributed by atoms with E-state index in [1.807, 2.05) is 59.5 Å². The second kappa shape index (κ2) is 11.0. The number of pyridine rings is 1. The number of nitrogens with zero attached hydrogens (tertiary/aromatic N) is 4. The fraction of sp³-hybridized carbons (Fsp3) is 0.214. The Labute approximate surface area is 209 Å². The van der Waals surface area contributed by atoms with Crippen LogP contribution < -0.4 is 5.32 Å². The second-order valence-electron chi connectivity index (χ2n) is 8.73. The zero-order valence-electron chi connectivity index (χ0n) is 19.8. The predicted molar refractivity (Wildman–Crippen MR) is 136 cm³/mol. The molecule has 1 aliphatic heterocycles. The fourth-order valence-corrected chi connectivity index (χ4v) is 4.22. The number of rotatable bonds is 7. The van der Waals surface area contributed by atoms with E-state index in [4.69, 9.17) is 4.74 Å². The number of carbonyl (C=O) groups excluding carboxylic acids is 2. The highest BCUT2D eigenvalue weighted by Crippen LogP contribution is 2.19. The summed E-state index contributed by atoms with van der Waals surface area (Å²) < 4.78 is 7.74. The van der Waals surface area contributed by atoms with Gasteiger partial charge < -0.3 is 15.0 Å². The van der Waals surface area contributed by atoms with E-state index < -0.39 is 0 Å². The molecule has 0 radical (unpaired) electrons. The van der Waals surface area contributed by atoms with Gasteiger partial charge in [0.1, 0.15) is 0 Å². The van der Waals surface area contributed by atoms with Crippen molar-refractivity contribution in [2.45, 2.75) is 25.6 Å². The third-order valence-corrected chi connectivity index (χ3v) is 6.14. The van der Waals surface area contributed by atoms with Crippen LogP contribution in [0, 0.1) is 0 Å². The Kier molecular flexibility index (Phi) is 7.14. The van der Waals surface area contributed by atoms with Crippen molar-refractivity contribution in [2.75, 3.05) is 18.4 Å². The first-order valence-corrected chi connectivity index (χ1v) is 12.0. The molecule has 8 nitrogen and oxygen atoms in total. The third kappa shape index (κ3) is 5.67. The van der Waals surface area contributed by atoms with Gasteiger partial charge in [0.2, 0.25) is 0 Å². The summed E-state index contributed by atoms with van der Waals surface area (Å²) in [6.45, 7) is 1.87. The van der Waals surface area contributed by atoms with E-state index in [0.29, 0.717) is 30.0 Å². The van der Waals surface area contributed by atoms with Crippen LogP contribution >= 0.6 is 0 Å². The normalized spacial score (nSPS) is 15.4. The molecule has 1 aliphatic rings. The lowest BCUT2D eigenvalue weighted by molar-refractivity contribution is -0.00672. The zero-order valence-corrected chi connectivity index (χ0v) is 19.8. The van der Waals surface area contributed by atoms with E-state index in [0.717, 1.165) is 30.6 Å². The van der Waals surface area contributed by atoms with Crippen molar-refractivity contribution in [3.63, 3.8) is 0 Å². The molecule has 1 fully saturated rings. The predicted octanol–water partition coefficient (Wildman–Crippen LogP) is 4.34. The average molecular weight is 482 g/mol. The van der Waals surface area contributed by atoms with Gasteiger partial charge >= 0.3 is 0 Å². The van der Waals surface area contributed by atoms with Crippen molar-refractivity contribution in [1.82, 2.24) is 19.7 Å². The number of ether oxygens (including phenoxy) is 1. The Morgan fingerprint density at radius 2 is 1.81 bits per heavy atom. The molecule has 0 saturated carbocycles. The number of aromatic nitrogens is 3. The van der Waals surface area contributed by atoms with Gasteiger partial charge in [-0.25, -0.2) is 4.68 Å². The maximum atomic E-state index is 13.1. The highest BCUT2D eigenvalue weighted by molar-refractivity contribution is 6.03. The van der Waals surface area contributed by atoms with E-state index in [1.54, 1.807) is 35.4 Å². The Morgan fingerprint density at radius 1 is 0.972 bits per heavy atom. The fourth-order valence-electron chi connectivity index (χ4n) is 4.22. The van der Waals surface area contributed by atoms with Gasteiger partial charge in [0.15, 0.2) is 0 Å². The van der Waals surface area contributed by atoms with E-state index in [1.165, 1.54) is 6.20 Å². The summed E-state index contributed by atoms with van der Waals surface area (Å²) >= 11 is 0. The van der Waals surface area contributed by atoms with Crippen LogP contribution in [-0.2, 0) is 11.3 Å². The Morgan fingerprint density at radius 3 is 2.58 bits per heavy atom. The van der Waals surface area contributed by atoms with E-state index in [2.05, 4.69) is 15.4 Å². The van der Waals surface area contributed by atoms with Gasteiger partial charge in [-0.15, -0.1) is 0 Å². The highest BCUT2D eigenvalue weighted by Gasteiger charge is 2.25. The lowest BCUT2D eigenvalue weighted by Gasteiger charge is -2.32. The van der Waals surface area contributed by atoms with E-state index in [9.17, 15) is 9.59 Å². The van der Waals surface area contributed by atoms with Crippen molar-refractivity contribution in [2.24, 2.45) is 0 Å². The minimum atomic E-state index is -0.254. The Hall–Kier alpha value is -4.30. The van der Waals surface area contributed by atoms with Crippen LogP contribution in [-0.4, -0.2) is 50.7 Å². The summed E-state index contributed by atoms with van der Waals surface area (Å²) in [7, 11) is 0. The van der Waals surface area contributed by atoms with Gasteiger partial charge in [0.25, 0.3) is 11.8 Å². The van der Waals surface area contributed by atoms with Crippen molar-refractivity contribution in [3.8, 4) is 5.69 Å². The van der Waals surface area contributed by atoms with Crippen LogP contribution in [0.25, 0.3) is 5.69 Å². The van der Waals surface area contributed by atoms with Gasteiger partial charge in [-0.1, -0.05) is 30.3 Å². The summed E-state index contributed by atoms with van der Waals surface area (Å²) in [5, 5.41) is 7.14. The first kappa shape index (κ1) is 23.4. The lowest BCUT2D eigenvalue weighted by Crippen LogP contribution is -2.43. The molecular formula is C28H27N5O3. The summed E-state index contributed by atoms with van der Waals surface area (Å²) in [4.78, 5) is 31.3. The van der Waals surface area contributed by atoms with Crippen LogP contribution in [0.1, 0.15) is 39.1 Å². The lowest BCUT2D eigenvalue weighted by atomic mass is 10.1. The van der Waals surface area contributed by atoms with Gasteiger partial charge in [-0.2, -0.15) is 5.10 Å². The maximum absolute atomic E-state index is 13.1. The van der Waals surface area contributed by atoms with Gasteiger partial charge in [0, 0.05) is 31.0 Å². The molecule has 0 bridgehead atoms. The molecule has 3 heterocycles. The number of likely N-dealkylation sites (tertiary alicyclic amines) is 1. The molecule has 4 aromatic rings. The summed E-state index contributed by atoms with van der Waals surface area (Å²) in [6.07, 6.45) is 8.34. The van der Waals surface area contributed by atoms with Crippen molar-refractivity contribution < 1.29 is 14.3 Å². The number of benzene rings is 2. The van der Waals surface area contributed by atoms with Crippen molar-refractivity contribution >= 4 is 17.5 Å². The quantitative estimate of drug-likeness (QED) is 0.424. The molecule has 2 aromatic carbocycles. The molecule has 182 valence electrons. The van der Waals surface area contributed by atoms with E-state index in [-0.39, 0.29) is 17.9 Å². The number of anilines is 1.